The first-order valence-electron chi connectivity index (χ1n) is 13.2. The summed E-state index contributed by atoms with van der Waals surface area (Å²) in [6, 6.07) is 21.8. The Morgan fingerprint density at radius 1 is 0.861 bits per heavy atom. The monoisotopic (exact) mass is 486 g/mol. The van der Waals surface area contributed by atoms with E-state index in [9.17, 15) is 0 Å². The van der Waals surface area contributed by atoms with Crippen molar-refractivity contribution >= 4 is 11.4 Å². The number of ether oxygens (including phenoxy) is 2. The summed E-state index contributed by atoms with van der Waals surface area (Å²) in [4.78, 5) is 12.1. The number of hydrogen-bond donors (Lipinski definition) is 0. The smallest absolute Gasteiger partial charge is 0.119 e. The number of likely N-dealkylation sites (tertiary alicyclic amines) is 1. The maximum Gasteiger partial charge on any atom is 0.119 e. The summed E-state index contributed by atoms with van der Waals surface area (Å²) in [5.41, 5.74) is 6.16. The molecule has 2 aliphatic heterocycles. The molecule has 5 rings (SSSR count). The van der Waals surface area contributed by atoms with Crippen LogP contribution in [-0.4, -0.2) is 56.4 Å². The lowest BCUT2D eigenvalue weighted by Gasteiger charge is -2.30. The predicted octanol–water partition coefficient (Wildman–Crippen LogP) is 5.12. The Kier molecular flexibility index (Phi) is 8.36. The lowest BCUT2D eigenvalue weighted by Crippen LogP contribution is -2.36. The average molecular weight is 487 g/mol. The van der Waals surface area contributed by atoms with Crippen LogP contribution in [0.25, 0.3) is 0 Å². The van der Waals surface area contributed by atoms with Crippen LogP contribution >= 0.6 is 0 Å². The van der Waals surface area contributed by atoms with Crippen molar-refractivity contribution in [3.63, 3.8) is 0 Å². The number of hydrogen-bond acceptors (Lipinski definition) is 6. The van der Waals surface area contributed by atoms with E-state index in [0.717, 1.165) is 57.4 Å². The molecular formula is C30H38N4O2. The Labute approximate surface area is 215 Å². The molecule has 0 unspecified atom stereocenters. The lowest BCUT2D eigenvalue weighted by atomic mass is 10.1. The highest BCUT2D eigenvalue weighted by Crippen LogP contribution is 2.25. The first kappa shape index (κ1) is 24.6. The maximum absolute atomic E-state index is 5.56. The molecular weight excluding hydrogens is 448 g/mol. The molecule has 0 aliphatic carbocycles. The van der Waals surface area contributed by atoms with Crippen LogP contribution in [0, 0.1) is 0 Å². The van der Waals surface area contributed by atoms with Crippen molar-refractivity contribution in [3.8, 4) is 5.75 Å². The predicted molar refractivity (Wildman–Crippen MR) is 146 cm³/mol. The Hall–Kier alpha value is -3.09. The summed E-state index contributed by atoms with van der Waals surface area (Å²) in [6.07, 6.45) is 5.90. The lowest BCUT2D eigenvalue weighted by molar-refractivity contribution is 0.122. The highest BCUT2D eigenvalue weighted by molar-refractivity contribution is 5.52. The van der Waals surface area contributed by atoms with Crippen molar-refractivity contribution in [2.75, 3.05) is 56.3 Å². The van der Waals surface area contributed by atoms with Crippen LogP contribution in [0.15, 0.2) is 66.9 Å². The molecule has 0 N–H and O–H groups in total. The second-order valence-corrected chi connectivity index (χ2v) is 9.82. The second-order valence-electron chi connectivity index (χ2n) is 9.82. The molecule has 0 saturated carbocycles. The van der Waals surface area contributed by atoms with Crippen LogP contribution in [0.2, 0.25) is 0 Å². The number of morpholine rings is 1. The van der Waals surface area contributed by atoms with E-state index in [4.69, 9.17) is 14.5 Å². The highest BCUT2D eigenvalue weighted by atomic mass is 16.5. The molecule has 0 amide bonds. The fourth-order valence-corrected chi connectivity index (χ4v) is 5.22. The van der Waals surface area contributed by atoms with Crippen LogP contribution in [0.4, 0.5) is 11.4 Å². The second kappa shape index (κ2) is 12.2. The molecule has 2 aromatic carbocycles. The van der Waals surface area contributed by atoms with Gasteiger partial charge in [0, 0.05) is 50.3 Å². The Bertz CT molecular complexity index is 1110. The third-order valence-electron chi connectivity index (χ3n) is 7.17. The van der Waals surface area contributed by atoms with E-state index in [0.29, 0.717) is 0 Å². The van der Waals surface area contributed by atoms with Gasteiger partial charge in [-0.3, -0.25) is 9.88 Å². The largest absolute Gasteiger partial charge is 0.497 e. The zero-order valence-electron chi connectivity index (χ0n) is 21.4. The van der Waals surface area contributed by atoms with Gasteiger partial charge in [-0.25, -0.2) is 0 Å². The van der Waals surface area contributed by atoms with Crippen LogP contribution < -0.4 is 14.5 Å². The number of benzene rings is 2. The first-order valence-corrected chi connectivity index (χ1v) is 13.2. The number of piperidine rings is 1. The van der Waals surface area contributed by atoms with E-state index in [-0.39, 0.29) is 0 Å². The molecule has 190 valence electrons. The third-order valence-corrected chi connectivity index (χ3v) is 7.17. The SMILES string of the molecule is COc1cccc(CN(Cc2cccc(N3CCOCC3)c2)c2ccnc(CN3CCCCC3)c2)c1. The number of methoxy groups -OCH3 is 1. The average Bonchev–Trinajstić information content (AvgIpc) is 2.94. The summed E-state index contributed by atoms with van der Waals surface area (Å²) < 4.78 is 11.1. The van der Waals surface area contributed by atoms with Crippen LogP contribution in [0.3, 0.4) is 0 Å². The van der Waals surface area contributed by atoms with Crippen LogP contribution in [0.1, 0.15) is 36.1 Å². The molecule has 3 aromatic rings. The molecule has 0 spiro atoms. The van der Waals surface area contributed by atoms with Gasteiger partial charge in [-0.05, 0) is 73.5 Å². The topological polar surface area (TPSA) is 41.1 Å². The standard InChI is InChI=1S/C30H38N4O2/c1-35-30-10-6-8-26(20-30)23-34(22-25-7-5-9-28(19-25)33-15-17-36-18-16-33)29-11-12-31-27(21-29)24-32-13-3-2-4-14-32/h5-12,19-21H,2-4,13-18,22-24H2,1H3. The fraction of sp³-hybridized carbons (Fsp3) is 0.433. The molecule has 1 aromatic heterocycles. The van der Waals surface area contributed by atoms with Crippen LogP contribution in [0.5, 0.6) is 5.75 Å². The summed E-state index contributed by atoms with van der Waals surface area (Å²) in [6.45, 7) is 8.37. The quantitative estimate of drug-likeness (QED) is 0.418. The number of aromatic nitrogens is 1. The Balaban J connectivity index is 1.39. The van der Waals surface area contributed by atoms with Crippen molar-refractivity contribution < 1.29 is 9.47 Å². The molecule has 2 fully saturated rings. The minimum Gasteiger partial charge on any atom is -0.497 e. The molecule has 0 bridgehead atoms. The third kappa shape index (κ3) is 6.56. The van der Waals surface area contributed by atoms with E-state index in [1.54, 1.807) is 7.11 Å². The molecule has 2 saturated heterocycles. The van der Waals surface area contributed by atoms with Gasteiger partial charge in [-0.1, -0.05) is 30.7 Å². The Morgan fingerprint density at radius 3 is 2.39 bits per heavy atom. The zero-order chi connectivity index (χ0) is 24.6. The van der Waals surface area contributed by atoms with Gasteiger partial charge in [-0.2, -0.15) is 0 Å². The minimum atomic E-state index is 0.795. The van der Waals surface area contributed by atoms with Crippen molar-refractivity contribution in [1.29, 1.82) is 0 Å². The molecule has 6 nitrogen and oxygen atoms in total. The van der Waals surface area contributed by atoms with Gasteiger partial charge in [0.25, 0.3) is 0 Å². The molecule has 0 atom stereocenters. The summed E-state index contributed by atoms with van der Waals surface area (Å²) in [7, 11) is 1.73. The molecule has 6 heteroatoms. The number of rotatable bonds is 9. The van der Waals surface area contributed by atoms with Gasteiger partial charge in [0.2, 0.25) is 0 Å². The van der Waals surface area contributed by atoms with Gasteiger partial charge in [0.1, 0.15) is 5.75 Å². The highest BCUT2D eigenvalue weighted by Gasteiger charge is 2.16. The van der Waals surface area contributed by atoms with Crippen molar-refractivity contribution in [2.24, 2.45) is 0 Å². The van der Waals surface area contributed by atoms with Crippen molar-refractivity contribution in [2.45, 2.75) is 38.9 Å². The Morgan fingerprint density at radius 2 is 1.61 bits per heavy atom. The van der Waals surface area contributed by atoms with Crippen molar-refractivity contribution in [1.82, 2.24) is 9.88 Å². The van der Waals surface area contributed by atoms with E-state index in [2.05, 4.69) is 69.3 Å². The molecule has 0 radical (unpaired) electrons. The minimum absolute atomic E-state index is 0.795. The molecule has 36 heavy (non-hydrogen) atoms. The summed E-state index contributed by atoms with van der Waals surface area (Å²) >= 11 is 0. The van der Waals surface area contributed by atoms with E-state index in [1.165, 1.54) is 54.9 Å². The van der Waals surface area contributed by atoms with Gasteiger partial charge < -0.3 is 19.3 Å². The van der Waals surface area contributed by atoms with Gasteiger partial charge >= 0.3 is 0 Å². The zero-order valence-corrected chi connectivity index (χ0v) is 21.4. The van der Waals surface area contributed by atoms with Crippen LogP contribution in [-0.2, 0) is 24.4 Å². The van der Waals surface area contributed by atoms with Crippen molar-refractivity contribution in [3.05, 3.63) is 83.7 Å². The van der Waals surface area contributed by atoms with E-state index >= 15 is 0 Å². The van der Waals surface area contributed by atoms with Gasteiger partial charge in [0.05, 0.1) is 26.0 Å². The van der Waals surface area contributed by atoms with E-state index < -0.39 is 0 Å². The number of nitrogens with zero attached hydrogens (tertiary/aromatic N) is 4. The van der Waals surface area contributed by atoms with Gasteiger partial charge in [0.15, 0.2) is 0 Å². The number of anilines is 2. The fourth-order valence-electron chi connectivity index (χ4n) is 5.22. The van der Waals surface area contributed by atoms with Gasteiger partial charge in [-0.15, -0.1) is 0 Å². The maximum atomic E-state index is 5.56. The summed E-state index contributed by atoms with van der Waals surface area (Å²) in [5, 5.41) is 0. The number of pyridine rings is 1. The molecule has 2 aliphatic rings. The van der Waals surface area contributed by atoms with E-state index in [1.807, 2.05) is 12.3 Å². The first-order chi connectivity index (χ1) is 17.8. The molecule has 3 heterocycles. The summed E-state index contributed by atoms with van der Waals surface area (Å²) in [5.74, 6) is 0.891. The normalized spacial score (nSPS) is 16.6.